The summed E-state index contributed by atoms with van der Waals surface area (Å²) in [5.41, 5.74) is 0. The van der Waals surface area contributed by atoms with Crippen molar-refractivity contribution >= 4 is 5.91 Å². The zero-order valence-corrected chi connectivity index (χ0v) is 11.0. The van der Waals surface area contributed by atoms with Crippen molar-refractivity contribution in [2.75, 3.05) is 39.4 Å². The van der Waals surface area contributed by atoms with E-state index in [4.69, 9.17) is 4.74 Å². The van der Waals surface area contributed by atoms with E-state index in [9.17, 15) is 4.79 Å². The fourth-order valence-corrected chi connectivity index (χ4v) is 2.00. The Hall–Kier alpha value is -0.610. The van der Waals surface area contributed by atoms with E-state index in [-0.39, 0.29) is 5.91 Å². The van der Waals surface area contributed by atoms with Gasteiger partial charge in [-0.05, 0) is 38.6 Å². The summed E-state index contributed by atoms with van der Waals surface area (Å²) >= 11 is 0. The lowest BCUT2D eigenvalue weighted by Gasteiger charge is -2.26. The third-order valence-electron chi connectivity index (χ3n) is 2.98. The van der Waals surface area contributed by atoms with Gasteiger partial charge in [0.2, 0.25) is 5.91 Å². The SMILES string of the molecule is CCCOCCCNCC(=O)N1CCCCC1. The summed E-state index contributed by atoms with van der Waals surface area (Å²) in [6.07, 6.45) is 5.65. The van der Waals surface area contributed by atoms with Gasteiger partial charge in [-0.15, -0.1) is 0 Å². The summed E-state index contributed by atoms with van der Waals surface area (Å²) in [5.74, 6) is 0.249. The Kier molecular flexibility index (Phi) is 8.01. The summed E-state index contributed by atoms with van der Waals surface area (Å²) in [7, 11) is 0. The number of ether oxygens (including phenoxy) is 1. The summed E-state index contributed by atoms with van der Waals surface area (Å²) in [6, 6.07) is 0. The summed E-state index contributed by atoms with van der Waals surface area (Å²) in [6.45, 7) is 6.97. The first-order valence-corrected chi connectivity index (χ1v) is 6.91. The van der Waals surface area contributed by atoms with Crippen LogP contribution in [0.4, 0.5) is 0 Å². The van der Waals surface area contributed by atoms with E-state index >= 15 is 0 Å². The van der Waals surface area contributed by atoms with Crippen molar-refractivity contribution in [1.29, 1.82) is 0 Å². The van der Waals surface area contributed by atoms with Gasteiger partial charge in [0.1, 0.15) is 0 Å². The molecular formula is C13H26N2O2. The van der Waals surface area contributed by atoms with Gasteiger partial charge in [0.05, 0.1) is 6.54 Å². The lowest BCUT2D eigenvalue weighted by Crippen LogP contribution is -2.41. The zero-order chi connectivity index (χ0) is 12.3. The molecule has 0 aromatic carbocycles. The second-order valence-electron chi connectivity index (χ2n) is 4.58. The van der Waals surface area contributed by atoms with Crippen molar-refractivity contribution in [3.8, 4) is 0 Å². The molecule has 1 aliphatic rings. The monoisotopic (exact) mass is 242 g/mol. The molecule has 1 heterocycles. The van der Waals surface area contributed by atoms with Crippen LogP contribution in [0.25, 0.3) is 0 Å². The molecule has 1 amide bonds. The zero-order valence-electron chi connectivity index (χ0n) is 11.0. The number of hydrogen-bond donors (Lipinski definition) is 1. The molecule has 4 heteroatoms. The molecule has 0 unspecified atom stereocenters. The highest BCUT2D eigenvalue weighted by Crippen LogP contribution is 2.08. The second kappa shape index (κ2) is 9.42. The third-order valence-corrected chi connectivity index (χ3v) is 2.98. The number of hydrogen-bond acceptors (Lipinski definition) is 3. The van der Waals surface area contributed by atoms with E-state index < -0.39 is 0 Å². The number of carbonyl (C=O) groups excluding carboxylic acids is 1. The molecule has 4 nitrogen and oxygen atoms in total. The van der Waals surface area contributed by atoms with Gasteiger partial charge in [-0.2, -0.15) is 0 Å². The molecule has 0 aromatic rings. The molecule has 1 N–H and O–H groups in total. The van der Waals surface area contributed by atoms with Crippen LogP contribution in [0, 0.1) is 0 Å². The van der Waals surface area contributed by atoms with Gasteiger partial charge < -0.3 is 15.0 Å². The van der Waals surface area contributed by atoms with Crippen LogP contribution in [-0.4, -0.2) is 50.2 Å². The van der Waals surface area contributed by atoms with Crippen LogP contribution >= 0.6 is 0 Å². The highest BCUT2D eigenvalue weighted by molar-refractivity contribution is 5.78. The van der Waals surface area contributed by atoms with Gasteiger partial charge >= 0.3 is 0 Å². The molecule has 0 aliphatic carbocycles. The molecule has 1 rings (SSSR count). The fourth-order valence-electron chi connectivity index (χ4n) is 2.00. The minimum Gasteiger partial charge on any atom is -0.381 e. The highest BCUT2D eigenvalue weighted by atomic mass is 16.5. The number of nitrogens with zero attached hydrogens (tertiary/aromatic N) is 1. The fraction of sp³-hybridized carbons (Fsp3) is 0.923. The van der Waals surface area contributed by atoms with Crippen LogP contribution in [0.3, 0.4) is 0 Å². The van der Waals surface area contributed by atoms with E-state index in [1.807, 2.05) is 4.90 Å². The maximum atomic E-state index is 11.8. The predicted octanol–water partition coefficient (Wildman–Crippen LogP) is 1.41. The minimum atomic E-state index is 0.249. The van der Waals surface area contributed by atoms with Crippen molar-refractivity contribution in [3.63, 3.8) is 0 Å². The average Bonchev–Trinajstić information content (AvgIpc) is 2.38. The quantitative estimate of drug-likeness (QED) is 0.654. The van der Waals surface area contributed by atoms with Crippen molar-refractivity contribution in [1.82, 2.24) is 10.2 Å². The maximum absolute atomic E-state index is 11.8. The Morgan fingerprint density at radius 2 is 2.00 bits per heavy atom. The molecule has 0 spiro atoms. The Bertz CT molecular complexity index is 204. The highest BCUT2D eigenvalue weighted by Gasteiger charge is 2.15. The topological polar surface area (TPSA) is 41.6 Å². The Balaban J connectivity index is 1.92. The normalized spacial score (nSPS) is 16.2. The average molecular weight is 242 g/mol. The van der Waals surface area contributed by atoms with Crippen LogP contribution in [0.5, 0.6) is 0 Å². The molecule has 0 atom stereocenters. The summed E-state index contributed by atoms with van der Waals surface area (Å²) in [5, 5.41) is 3.19. The first-order valence-electron chi connectivity index (χ1n) is 6.91. The number of likely N-dealkylation sites (tertiary alicyclic amines) is 1. The Labute approximate surface area is 105 Å². The van der Waals surface area contributed by atoms with E-state index in [1.54, 1.807) is 0 Å². The lowest BCUT2D eigenvalue weighted by atomic mass is 10.1. The maximum Gasteiger partial charge on any atom is 0.236 e. The third kappa shape index (κ3) is 6.64. The largest absolute Gasteiger partial charge is 0.381 e. The van der Waals surface area contributed by atoms with Gasteiger partial charge in [0.25, 0.3) is 0 Å². The van der Waals surface area contributed by atoms with E-state index in [1.165, 1.54) is 6.42 Å². The number of piperidine rings is 1. The Morgan fingerprint density at radius 3 is 2.71 bits per heavy atom. The number of nitrogens with one attached hydrogen (secondary N) is 1. The molecule has 1 fully saturated rings. The van der Waals surface area contributed by atoms with E-state index in [0.29, 0.717) is 6.54 Å². The van der Waals surface area contributed by atoms with Crippen LogP contribution in [0.2, 0.25) is 0 Å². The smallest absolute Gasteiger partial charge is 0.236 e. The van der Waals surface area contributed by atoms with E-state index in [0.717, 1.165) is 58.5 Å². The van der Waals surface area contributed by atoms with Crippen molar-refractivity contribution < 1.29 is 9.53 Å². The summed E-state index contributed by atoms with van der Waals surface area (Å²) < 4.78 is 5.37. The van der Waals surface area contributed by atoms with Crippen LogP contribution in [0.15, 0.2) is 0 Å². The summed E-state index contributed by atoms with van der Waals surface area (Å²) in [4.78, 5) is 13.7. The van der Waals surface area contributed by atoms with Crippen molar-refractivity contribution in [3.05, 3.63) is 0 Å². The standard InChI is InChI=1S/C13H26N2O2/c1-2-10-17-11-6-7-14-12-13(16)15-8-4-3-5-9-15/h14H,2-12H2,1H3. The first-order chi connectivity index (χ1) is 8.34. The number of carbonyl (C=O) groups is 1. The molecule has 0 bridgehead atoms. The molecule has 1 saturated heterocycles. The molecule has 0 aromatic heterocycles. The predicted molar refractivity (Wildman–Crippen MR) is 69.0 cm³/mol. The number of rotatable bonds is 8. The van der Waals surface area contributed by atoms with Gasteiger partial charge in [0, 0.05) is 26.3 Å². The van der Waals surface area contributed by atoms with E-state index in [2.05, 4.69) is 12.2 Å². The lowest BCUT2D eigenvalue weighted by molar-refractivity contribution is -0.131. The molecule has 17 heavy (non-hydrogen) atoms. The molecule has 0 saturated carbocycles. The van der Waals surface area contributed by atoms with Gasteiger partial charge in [-0.25, -0.2) is 0 Å². The Morgan fingerprint density at radius 1 is 1.24 bits per heavy atom. The molecule has 1 aliphatic heterocycles. The number of amides is 1. The van der Waals surface area contributed by atoms with Crippen LogP contribution < -0.4 is 5.32 Å². The van der Waals surface area contributed by atoms with Crippen LogP contribution in [-0.2, 0) is 9.53 Å². The molecular weight excluding hydrogens is 216 g/mol. The van der Waals surface area contributed by atoms with Crippen LogP contribution in [0.1, 0.15) is 39.0 Å². The van der Waals surface area contributed by atoms with Gasteiger partial charge in [-0.1, -0.05) is 6.92 Å². The first kappa shape index (κ1) is 14.5. The van der Waals surface area contributed by atoms with Crippen molar-refractivity contribution in [2.45, 2.75) is 39.0 Å². The minimum absolute atomic E-state index is 0.249. The molecule has 0 radical (unpaired) electrons. The van der Waals surface area contributed by atoms with Gasteiger partial charge in [-0.3, -0.25) is 4.79 Å². The second-order valence-corrected chi connectivity index (χ2v) is 4.58. The van der Waals surface area contributed by atoms with Crippen molar-refractivity contribution in [2.24, 2.45) is 0 Å². The molecule has 100 valence electrons. The van der Waals surface area contributed by atoms with Gasteiger partial charge in [0.15, 0.2) is 0 Å².